The van der Waals surface area contributed by atoms with E-state index >= 15 is 0 Å². The Bertz CT molecular complexity index is 914. The van der Waals surface area contributed by atoms with Gasteiger partial charge >= 0.3 is 6.18 Å². The fourth-order valence-electron chi connectivity index (χ4n) is 2.70. The zero-order valence-corrected chi connectivity index (χ0v) is 14.1. The summed E-state index contributed by atoms with van der Waals surface area (Å²) in [5, 5.41) is 2.73. The van der Waals surface area contributed by atoms with Crippen molar-refractivity contribution in [2.24, 2.45) is 0 Å². The fourth-order valence-corrected chi connectivity index (χ4v) is 2.70. The van der Waals surface area contributed by atoms with Crippen LogP contribution >= 0.6 is 0 Å². The number of fused-ring (bicyclic) bond motifs is 1. The molecule has 1 amide bonds. The van der Waals surface area contributed by atoms with Crippen molar-refractivity contribution in [2.75, 3.05) is 0 Å². The maximum Gasteiger partial charge on any atom is 0.438 e. The third-order valence-corrected chi connectivity index (χ3v) is 4.46. The van der Waals surface area contributed by atoms with E-state index in [0.29, 0.717) is 0 Å². The van der Waals surface area contributed by atoms with Gasteiger partial charge in [0.15, 0.2) is 0 Å². The van der Waals surface area contributed by atoms with Gasteiger partial charge in [0.1, 0.15) is 6.04 Å². The van der Waals surface area contributed by atoms with Crippen molar-refractivity contribution in [3.63, 3.8) is 0 Å². The topological polar surface area (TPSA) is 64.0 Å². The van der Waals surface area contributed by atoms with E-state index in [2.05, 4.69) is 10.3 Å². The molecule has 1 heterocycles. The van der Waals surface area contributed by atoms with Crippen molar-refractivity contribution >= 4 is 16.9 Å². The van der Waals surface area contributed by atoms with E-state index in [-0.39, 0.29) is 17.1 Å². The SMILES string of the molecule is Cc1cc2nc(C(F)(F)F)c(=O)n(C(C)C(=O)NC3CC3)c2cc1C. The van der Waals surface area contributed by atoms with Gasteiger partial charge in [0, 0.05) is 6.04 Å². The number of hydrogen-bond acceptors (Lipinski definition) is 3. The molecule has 1 aliphatic carbocycles. The van der Waals surface area contributed by atoms with Crippen LogP contribution in [-0.2, 0) is 11.0 Å². The summed E-state index contributed by atoms with van der Waals surface area (Å²) in [5.41, 5.74) is -0.984. The highest BCUT2D eigenvalue weighted by atomic mass is 19.4. The molecule has 1 aromatic carbocycles. The van der Waals surface area contributed by atoms with E-state index in [0.717, 1.165) is 28.5 Å². The summed E-state index contributed by atoms with van der Waals surface area (Å²) >= 11 is 0. The van der Waals surface area contributed by atoms with Crippen molar-refractivity contribution < 1.29 is 18.0 Å². The molecule has 1 atom stereocenters. The number of carbonyl (C=O) groups excluding carboxylic acids is 1. The van der Waals surface area contributed by atoms with Crippen molar-refractivity contribution in [3.8, 4) is 0 Å². The van der Waals surface area contributed by atoms with E-state index in [1.807, 2.05) is 0 Å². The van der Waals surface area contributed by atoms with Crippen molar-refractivity contribution in [1.29, 1.82) is 0 Å². The van der Waals surface area contributed by atoms with Crippen molar-refractivity contribution in [1.82, 2.24) is 14.9 Å². The molecule has 134 valence electrons. The lowest BCUT2D eigenvalue weighted by atomic mass is 10.1. The van der Waals surface area contributed by atoms with Crippen LogP contribution in [0.25, 0.3) is 11.0 Å². The lowest BCUT2D eigenvalue weighted by Crippen LogP contribution is -2.39. The highest BCUT2D eigenvalue weighted by molar-refractivity contribution is 5.84. The molecule has 0 bridgehead atoms. The Labute approximate surface area is 141 Å². The number of nitrogens with zero attached hydrogens (tertiary/aromatic N) is 2. The predicted octanol–water partition coefficient (Wildman–Crippen LogP) is 2.87. The zero-order chi connectivity index (χ0) is 18.5. The van der Waals surface area contributed by atoms with Gasteiger partial charge in [0.05, 0.1) is 11.0 Å². The molecule has 2 aromatic rings. The summed E-state index contributed by atoms with van der Waals surface area (Å²) < 4.78 is 40.6. The lowest BCUT2D eigenvalue weighted by molar-refractivity contribution is -0.142. The number of nitrogens with one attached hydrogen (secondary N) is 1. The van der Waals surface area contributed by atoms with Crippen LogP contribution in [0.15, 0.2) is 16.9 Å². The largest absolute Gasteiger partial charge is 0.438 e. The minimum atomic E-state index is -4.89. The van der Waals surface area contributed by atoms with Crippen LogP contribution in [-0.4, -0.2) is 21.5 Å². The van der Waals surface area contributed by atoms with Crippen molar-refractivity contribution in [2.45, 2.75) is 51.9 Å². The Morgan fingerprint density at radius 2 is 1.88 bits per heavy atom. The molecule has 1 fully saturated rings. The first-order chi connectivity index (χ1) is 11.6. The highest BCUT2D eigenvalue weighted by Crippen LogP contribution is 2.28. The van der Waals surface area contributed by atoms with Gasteiger partial charge in [-0.15, -0.1) is 0 Å². The maximum absolute atomic E-state index is 13.2. The third-order valence-electron chi connectivity index (χ3n) is 4.46. The summed E-state index contributed by atoms with van der Waals surface area (Å²) in [6, 6.07) is 2.08. The standard InChI is InChI=1S/C17H18F3N3O2/c1-8-6-12-13(7-9(8)2)23(10(3)15(24)21-11-4-5-11)16(25)14(22-12)17(18,19)20/h6-7,10-11H,4-5H2,1-3H3,(H,21,24). The molecule has 1 aliphatic rings. The second-order valence-corrected chi connectivity index (χ2v) is 6.52. The minimum absolute atomic E-state index is 0.0427. The number of carbonyl (C=O) groups is 1. The highest BCUT2D eigenvalue weighted by Gasteiger charge is 2.38. The van der Waals surface area contributed by atoms with Crippen LogP contribution < -0.4 is 10.9 Å². The van der Waals surface area contributed by atoms with Crippen LogP contribution in [0.2, 0.25) is 0 Å². The molecule has 5 nitrogen and oxygen atoms in total. The van der Waals surface area contributed by atoms with Gasteiger partial charge in [-0.3, -0.25) is 14.2 Å². The molecule has 1 saturated carbocycles. The molecular weight excluding hydrogens is 335 g/mol. The monoisotopic (exact) mass is 353 g/mol. The molecule has 8 heteroatoms. The second kappa shape index (κ2) is 5.86. The maximum atomic E-state index is 13.2. The van der Waals surface area contributed by atoms with E-state index in [1.165, 1.54) is 13.0 Å². The number of rotatable bonds is 3. The fraction of sp³-hybridized carbons (Fsp3) is 0.471. The number of alkyl halides is 3. The molecule has 1 aromatic heterocycles. The molecule has 0 spiro atoms. The average molecular weight is 353 g/mol. The number of benzene rings is 1. The zero-order valence-electron chi connectivity index (χ0n) is 14.1. The quantitative estimate of drug-likeness (QED) is 0.923. The van der Waals surface area contributed by atoms with E-state index in [4.69, 9.17) is 0 Å². The Hall–Kier alpha value is -2.38. The molecular formula is C17H18F3N3O2. The number of aromatic nitrogens is 2. The first kappa shape index (κ1) is 17.4. The van der Waals surface area contributed by atoms with Gasteiger partial charge in [-0.25, -0.2) is 4.98 Å². The summed E-state index contributed by atoms with van der Waals surface area (Å²) in [7, 11) is 0. The van der Waals surface area contributed by atoms with E-state index in [1.54, 1.807) is 19.9 Å². The summed E-state index contributed by atoms with van der Waals surface area (Å²) in [5.74, 6) is -0.469. The van der Waals surface area contributed by atoms with Crippen LogP contribution in [0, 0.1) is 13.8 Å². The molecule has 3 rings (SSSR count). The van der Waals surface area contributed by atoms with Crippen LogP contribution in [0.1, 0.15) is 42.6 Å². The van der Waals surface area contributed by atoms with Gasteiger partial charge in [0.25, 0.3) is 5.56 Å². The van der Waals surface area contributed by atoms with Crippen LogP contribution in [0.4, 0.5) is 13.2 Å². The molecule has 0 saturated heterocycles. The van der Waals surface area contributed by atoms with Gasteiger partial charge in [-0.2, -0.15) is 13.2 Å². The Morgan fingerprint density at radius 3 is 2.44 bits per heavy atom. The normalized spacial score (nSPS) is 16.1. The first-order valence-corrected chi connectivity index (χ1v) is 8.00. The number of amides is 1. The number of hydrogen-bond donors (Lipinski definition) is 1. The first-order valence-electron chi connectivity index (χ1n) is 8.00. The predicted molar refractivity (Wildman–Crippen MR) is 86.4 cm³/mol. The molecule has 1 N–H and O–H groups in total. The van der Waals surface area contributed by atoms with Gasteiger partial charge in [-0.05, 0) is 56.9 Å². The average Bonchev–Trinajstić information content (AvgIpc) is 3.31. The smallest absolute Gasteiger partial charge is 0.352 e. The second-order valence-electron chi connectivity index (χ2n) is 6.52. The Balaban J connectivity index is 2.26. The van der Waals surface area contributed by atoms with E-state index in [9.17, 15) is 22.8 Å². The van der Waals surface area contributed by atoms with Gasteiger partial charge in [-0.1, -0.05) is 0 Å². The van der Waals surface area contributed by atoms with E-state index < -0.39 is 29.4 Å². The Morgan fingerprint density at radius 1 is 1.28 bits per heavy atom. The molecule has 1 unspecified atom stereocenters. The Kier molecular flexibility index (Phi) is 4.09. The summed E-state index contributed by atoms with van der Waals surface area (Å²) in [6.45, 7) is 4.96. The molecule has 25 heavy (non-hydrogen) atoms. The molecule has 0 radical (unpaired) electrons. The van der Waals surface area contributed by atoms with Gasteiger partial charge < -0.3 is 5.32 Å². The summed E-state index contributed by atoms with van der Waals surface area (Å²) in [6.07, 6.45) is -3.20. The minimum Gasteiger partial charge on any atom is -0.352 e. The van der Waals surface area contributed by atoms with Crippen molar-refractivity contribution in [3.05, 3.63) is 39.3 Å². The van der Waals surface area contributed by atoms with Gasteiger partial charge in [0.2, 0.25) is 11.6 Å². The van der Waals surface area contributed by atoms with Crippen LogP contribution in [0.3, 0.4) is 0 Å². The van der Waals surface area contributed by atoms with Crippen LogP contribution in [0.5, 0.6) is 0 Å². The lowest BCUT2D eigenvalue weighted by Gasteiger charge is -2.20. The number of halogens is 3. The third kappa shape index (κ3) is 3.25. The summed E-state index contributed by atoms with van der Waals surface area (Å²) in [4.78, 5) is 28.3. The number of aryl methyl sites for hydroxylation is 2. The molecule has 0 aliphatic heterocycles.